The van der Waals surface area contributed by atoms with E-state index in [4.69, 9.17) is 15.2 Å². The summed E-state index contributed by atoms with van der Waals surface area (Å²) < 4.78 is 24.6. The summed E-state index contributed by atoms with van der Waals surface area (Å²) in [7, 11) is 0. The smallest absolute Gasteiger partial charge is 0.344 e. The van der Waals surface area contributed by atoms with Crippen molar-refractivity contribution in [2.45, 2.75) is 58.9 Å². The Morgan fingerprint density at radius 1 is 1.31 bits per heavy atom. The third kappa shape index (κ3) is 5.51. The number of nitrogens with zero attached hydrogens (tertiary/aromatic N) is 1. The molecule has 1 aliphatic rings. The van der Waals surface area contributed by atoms with Gasteiger partial charge in [-0.05, 0) is 25.7 Å². The largest absolute Gasteiger partial charge is 0.479 e. The van der Waals surface area contributed by atoms with Gasteiger partial charge in [0.2, 0.25) is 0 Å². The van der Waals surface area contributed by atoms with Crippen LogP contribution in [0.4, 0.5) is 15.8 Å². The fourth-order valence-corrected chi connectivity index (χ4v) is 3.49. The van der Waals surface area contributed by atoms with Crippen molar-refractivity contribution in [3.8, 4) is 5.75 Å². The number of ether oxygens (including phenoxy) is 2. The van der Waals surface area contributed by atoms with Gasteiger partial charge >= 0.3 is 5.97 Å². The summed E-state index contributed by atoms with van der Waals surface area (Å²) in [4.78, 5) is 13.7. The summed E-state index contributed by atoms with van der Waals surface area (Å²) in [6, 6.07) is 3.30. The lowest BCUT2D eigenvalue weighted by molar-refractivity contribution is -0.145. The van der Waals surface area contributed by atoms with Crippen LogP contribution in [0.15, 0.2) is 12.1 Å². The van der Waals surface area contributed by atoms with Gasteiger partial charge in [-0.2, -0.15) is 0 Å². The molecule has 0 unspecified atom stereocenters. The number of halogens is 1. The van der Waals surface area contributed by atoms with E-state index < -0.39 is 11.8 Å². The minimum Gasteiger partial charge on any atom is -0.479 e. The molecular weight excluding hydrogens is 335 g/mol. The molecule has 0 heterocycles. The highest BCUT2D eigenvalue weighted by Crippen LogP contribution is 2.35. The SMILES string of the molecule is CCOC(=O)COc1cc(N)c(N(CC(C)C)C2CCCCC2)cc1F. The average Bonchev–Trinajstić information content (AvgIpc) is 2.61. The second-order valence-electron chi connectivity index (χ2n) is 7.27. The van der Waals surface area contributed by atoms with Crippen LogP contribution in [-0.4, -0.2) is 31.8 Å². The minimum atomic E-state index is -0.529. The first-order chi connectivity index (χ1) is 12.4. The van der Waals surface area contributed by atoms with E-state index in [-0.39, 0.29) is 19.0 Å². The Balaban J connectivity index is 2.20. The number of benzene rings is 1. The molecule has 2 rings (SSSR count). The summed E-state index contributed by atoms with van der Waals surface area (Å²) >= 11 is 0. The number of anilines is 2. The van der Waals surface area contributed by atoms with E-state index in [1.807, 2.05) is 0 Å². The maximum Gasteiger partial charge on any atom is 0.344 e. The molecule has 1 fully saturated rings. The van der Waals surface area contributed by atoms with E-state index >= 15 is 0 Å². The molecule has 1 aromatic rings. The zero-order valence-electron chi connectivity index (χ0n) is 16.1. The first kappa shape index (κ1) is 20.3. The molecule has 0 spiro atoms. The monoisotopic (exact) mass is 366 g/mol. The molecule has 0 bridgehead atoms. The molecule has 6 heteroatoms. The number of hydrogen-bond donors (Lipinski definition) is 1. The maximum atomic E-state index is 14.6. The number of carbonyl (C=O) groups is 1. The van der Waals surface area contributed by atoms with Gasteiger partial charge < -0.3 is 20.1 Å². The molecule has 0 saturated heterocycles. The number of nitrogen functional groups attached to an aromatic ring is 1. The number of nitrogens with two attached hydrogens (primary N) is 1. The summed E-state index contributed by atoms with van der Waals surface area (Å²) in [5.74, 6) is -0.618. The van der Waals surface area contributed by atoms with Crippen LogP contribution in [0.1, 0.15) is 52.9 Å². The molecule has 2 N–H and O–H groups in total. The molecule has 1 saturated carbocycles. The molecule has 1 aromatic carbocycles. The van der Waals surface area contributed by atoms with E-state index in [1.54, 1.807) is 6.92 Å². The molecule has 146 valence electrons. The standard InChI is InChI=1S/C20H31FN2O3/c1-4-25-20(24)13-26-19-11-17(22)18(10-16(19)21)23(12-14(2)3)15-8-6-5-7-9-15/h10-11,14-15H,4-9,12-13,22H2,1-3H3. The van der Waals surface area contributed by atoms with Crippen molar-refractivity contribution in [3.63, 3.8) is 0 Å². The van der Waals surface area contributed by atoms with Crippen LogP contribution >= 0.6 is 0 Å². The van der Waals surface area contributed by atoms with Crippen LogP contribution in [0.3, 0.4) is 0 Å². The zero-order valence-corrected chi connectivity index (χ0v) is 16.1. The summed E-state index contributed by atoms with van der Waals surface area (Å²) in [6.07, 6.45) is 5.87. The topological polar surface area (TPSA) is 64.8 Å². The van der Waals surface area contributed by atoms with Crippen molar-refractivity contribution in [2.75, 3.05) is 30.4 Å². The fraction of sp³-hybridized carbons (Fsp3) is 0.650. The normalized spacial score (nSPS) is 15.1. The third-order valence-corrected chi connectivity index (χ3v) is 4.62. The highest BCUT2D eigenvalue weighted by Gasteiger charge is 2.25. The lowest BCUT2D eigenvalue weighted by Crippen LogP contribution is -2.39. The molecule has 5 nitrogen and oxygen atoms in total. The number of rotatable bonds is 8. The van der Waals surface area contributed by atoms with Crippen molar-refractivity contribution in [3.05, 3.63) is 17.9 Å². The van der Waals surface area contributed by atoms with E-state index in [0.717, 1.165) is 19.4 Å². The van der Waals surface area contributed by atoms with Crippen molar-refractivity contribution in [2.24, 2.45) is 5.92 Å². The molecule has 26 heavy (non-hydrogen) atoms. The average molecular weight is 366 g/mol. The van der Waals surface area contributed by atoms with Gasteiger partial charge in [-0.3, -0.25) is 0 Å². The van der Waals surface area contributed by atoms with Crippen LogP contribution in [0, 0.1) is 11.7 Å². The maximum absolute atomic E-state index is 14.6. The van der Waals surface area contributed by atoms with Gasteiger partial charge in [-0.25, -0.2) is 9.18 Å². The number of hydrogen-bond acceptors (Lipinski definition) is 5. The predicted octanol–water partition coefficient (Wildman–Crippen LogP) is 4.14. The van der Waals surface area contributed by atoms with Gasteiger partial charge in [0, 0.05) is 24.7 Å². The fourth-order valence-electron chi connectivity index (χ4n) is 3.49. The summed E-state index contributed by atoms with van der Waals surface area (Å²) in [6.45, 7) is 6.77. The van der Waals surface area contributed by atoms with Gasteiger partial charge in [0.1, 0.15) is 0 Å². The van der Waals surface area contributed by atoms with Crippen LogP contribution in [-0.2, 0) is 9.53 Å². The zero-order chi connectivity index (χ0) is 19.1. The molecule has 0 amide bonds. The van der Waals surface area contributed by atoms with Crippen molar-refractivity contribution >= 4 is 17.3 Å². The number of esters is 1. The van der Waals surface area contributed by atoms with E-state index in [9.17, 15) is 9.18 Å². The molecular formula is C20H31FN2O3. The Labute approximate surface area is 155 Å². The van der Waals surface area contributed by atoms with E-state index in [0.29, 0.717) is 23.3 Å². The lowest BCUT2D eigenvalue weighted by atomic mass is 9.93. The van der Waals surface area contributed by atoms with Crippen LogP contribution < -0.4 is 15.4 Å². The summed E-state index contributed by atoms with van der Waals surface area (Å²) in [5.41, 5.74) is 7.42. The highest BCUT2D eigenvalue weighted by molar-refractivity contribution is 5.72. The molecule has 0 aromatic heterocycles. The third-order valence-electron chi connectivity index (χ3n) is 4.62. The minimum absolute atomic E-state index is 0.0209. The van der Waals surface area contributed by atoms with Gasteiger partial charge in [0.25, 0.3) is 0 Å². The van der Waals surface area contributed by atoms with Crippen molar-refractivity contribution < 1.29 is 18.7 Å². The molecule has 0 atom stereocenters. The van der Waals surface area contributed by atoms with Gasteiger partial charge in [0.05, 0.1) is 18.0 Å². The molecule has 1 aliphatic carbocycles. The second kappa shape index (κ2) is 9.64. The van der Waals surface area contributed by atoms with E-state index in [2.05, 4.69) is 18.7 Å². The number of carbonyl (C=O) groups excluding carboxylic acids is 1. The first-order valence-corrected chi connectivity index (χ1v) is 9.56. The van der Waals surface area contributed by atoms with Crippen LogP contribution in [0.5, 0.6) is 5.75 Å². The van der Waals surface area contributed by atoms with Crippen molar-refractivity contribution in [1.29, 1.82) is 0 Å². The first-order valence-electron chi connectivity index (χ1n) is 9.56. The summed E-state index contributed by atoms with van der Waals surface area (Å²) in [5, 5.41) is 0. The highest BCUT2D eigenvalue weighted by atomic mass is 19.1. The van der Waals surface area contributed by atoms with E-state index in [1.165, 1.54) is 31.4 Å². The molecule has 0 radical (unpaired) electrons. The van der Waals surface area contributed by atoms with Gasteiger partial charge in [-0.15, -0.1) is 0 Å². The predicted molar refractivity (Wildman–Crippen MR) is 102 cm³/mol. The quantitative estimate of drug-likeness (QED) is 0.553. The van der Waals surface area contributed by atoms with Gasteiger partial charge in [-0.1, -0.05) is 33.1 Å². The lowest BCUT2D eigenvalue weighted by Gasteiger charge is -2.38. The Morgan fingerprint density at radius 3 is 2.62 bits per heavy atom. The van der Waals surface area contributed by atoms with Crippen molar-refractivity contribution in [1.82, 2.24) is 0 Å². The van der Waals surface area contributed by atoms with Crippen LogP contribution in [0.25, 0.3) is 0 Å². The Bertz CT molecular complexity index is 601. The Hall–Kier alpha value is -1.98. The van der Waals surface area contributed by atoms with Gasteiger partial charge in [0.15, 0.2) is 18.2 Å². The van der Waals surface area contributed by atoms with Crippen LogP contribution in [0.2, 0.25) is 0 Å². The Morgan fingerprint density at radius 2 is 2.00 bits per heavy atom. The Kier molecular flexibility index (Phi) is 7.54. The second-order valence-corrected chi connectivity index (χ2v) is 7.27. The molecule has 0 aliphatic heterocycles.